The highest BCUT2D eigenvalue weighted by Crippen LogP contribution is 2.35. The van der Waals surface area contributed by atoms with Crippen LogP contribution in [0.4, 0.5) is 10.6 Å². The number of ether oxygens (including phenoxy) is 1. The molecular weight excluding hydrogens is 755 g/mol. The van der Waals surface area contributed by atoms with Crippen LogP contribution in [-0.4, -0.2) is 134 Å². The maximum absolute atomic E-state index is 13.4. The van der Waals surface area contributed by atoms with E-state index in [1.54, 1.807) is 6.08 Å². The number of thioether (sulfide) groups is 1. The molecule has 0 unspecified atom stereocenters. The Labute approximate surface area is 343 Å². The minimum Gasteiger partial charge on any atom is -0.457 e. The minimum absolute atomic E-state index is 0.00424. The molecule has 5 N–H and O–H groups in total. The summed E-state index contributed by atoms with van der Waals surface area (Å²) < 4.78 is 7.91. The number of fused-ring (bicyclic) bond motifs is 2. The van der Waals surface area contributed by atoms with Gasteiger partial charge in [-0.15, -0.1) is 0 Å². The fourth-order valence-electron chi connectivity index (χ4n) is 8.43. The molecule has 306 valence electrons. The lowest BCUT2D eigenvalue weighted by Gasteiger charge is -2.34. The predicted octanol–water partition coefficient (Wildman–Crippen LogP) is 4.05. The maximum Gasteiger partial charge on any atom is 0.315 e. The van der Waals surface area contributed by atoms with Crippen LogP contribution in [0.1, 0.15) is 44.6 Å². The van der Waals surface area contributed by atoms with Crippen LogP contribution in [0.3, 0.4) is 0 Å². The number of piperidine rings is 1. The molecule has 4 amide bonds. The van der Waals surface area contributed by atoms with Gasteiger partial charge >= 0.3 is 6.03 Å². The Bertz CT molecular complexity index is 2070. The van der Waals surface area contributed by atoms with Crippen molar-refractivity contribution in [2.75, 3.05) is 70.4 Å². The molecule has 4 saturated heterocycles. The molecule has 16 heteroatoms. The van der Waals surface area contributed by atoms with Gasteiger partial charge in [-0.1, -0.05) is 30.7 Å². The van der Waals surface area contributed by atoms with Gasteiger partial charge in [0.25, 0.3) is 0 Å². The standard InChI is InChI=1S/C42H53N11O4S/c43-40-37-38(29-14-16-32(17-15-29)57-31-9-2-1-3-10-31)49-53(41(37)46-28-45-40)30-8-6-20-52(26-30)36(55)13-7-19-50-22-24-51(25-23-50)21-18-44-35(54)12-5-4-11-34-39-33(27-58-34)47-42(56)48-39/h1-3,7,9-10,13-17,28,30,33-34,39H,4-6,8,11-12,18-27H2,(H,44,54)(H2,43,45,46)(H2,47,48,56)/b13-7+/t30-,33+,34+,39+/m1/s1. The van der Waals surface area contributed by atoms with Crippen LogP contribution in [-0.2, 0) is 9.59 Å². The van der Waals surface area contributed by atoms with Crippen molar-refractivity contribution in [2.24, 2.45) is 0 Å². The van der Waals surface area contributed by atoms with Crippen molar-refractivity contribution in [3.05, 3.63) is 73.1 Å². The molecule has 8 rings (SSSR count). The van der Waals surface area contributed by atoms with Crippen LogP contribution >= 0.6 is 11.8 Å². The number of carbonyl (C=O) groups is 3. The molecule has 4 aliphatic rings. The van der Waals surface area contributed by atoms with Gasteiger partial charge in [0.1, 0.15) is 29.3 Å². The Hall–Kier alpha value is -5.19. The Kier molecular flexibility index (Phi) is 12.7. The summed E-state index contributed by atoms with van der Waals surface area (Å²) in [5, 5.41) is 15.3. The largest absolute Gasteiger partial charge is 0.457 e. The van der Waals surface area contributed by atoms with Crippen molar-refractivity contribution in [1.82, 2.24) is 50.4 Å². The lowest BCUT2D eigenvalue weighted by molar-refractivity contribution is -0.127. The molecule has 2 aromatic heterocycles. The van der Waals surface area contributed by atoms with Gasteiger partial charge in [0, 0.05) is 88.0 Å². The van der Waals surface area contributed by atoms with Crippen molar-refractivity contribution in [2.45, 2.75) is 61.9 Å². The fraction of sp³-hybridized carbons (Fsp3) is 0.476. The minimum atomic E-state index is -0.0551. The molecule has 4 atom stereocenters. The second kappa shape index (κ2) is 18.6. The van der Waals surface area contributed by atoms with Crippen LogP contribution in [0.2, 0.25) is 0 Å². The summed E-state index contributed by atoms with van der Waals surface area (Å²) in [6, 6.07) is 17.8. The van der Waals surface area contributed by atoms with Gasteiger partial charge in [-0.05, 0) is 62.1 Å². The SMILES string of the molecule is Nc1ncnc2c1c(-c1ccc(Oc3ccccc3)cc1)nn2[C@@H]1CCCN(C(=O)/C=C/CN2CCN(CCNC(=O)CCCC[C@@H]3SC[C@@H]4NC(=O)N[C@@H]43)CC2)C1. The first kappa shape index (κ1) is 39.6. The highest BCUT2D eigenvalue weighted by Gasteiger charge is 2.42. The third-order valence-electron chi connectivity index (χ3n) is 11.6. The molecule has 58 heavy (non-hydrogen) atoms. The molecule has 15 nitrogen and oxygen atoms in total. The van der Waals surface area contributed by atoms with Crippen LogP contribution in [0.5, 0.6) is 11.5 Å². The number of amides is 4. The third kappa shape index (κ3) is 9.56. The number of carbonyl (C=O) groups excluding carboxylic acids is 3. The maximum atomic E-state index is 13.4. The number of anilines is 1. The van der Waals surface area contributed by atoms with Gasteiger partial charge in [-0.2, -0.15) is 16.9 Å². The van der Waals surface area contributed by atoms with Crippen molar-refractivity contribution >= 4 is 46.5 Å². The van der Waals surface area contributed by atoms with Gasteiger partial charge in [-0.3, -0.25) is 19.4 Å². The number of nitrogen functional groups attached to an aromatic ring is 1. The number of para-hydroxylation sites is 1. The van der Waals surface area contributed by atoms with Crippen LogP contribution in [0.25, 0.3) is 22.3 Å². The summed E-state index contributed by atoms with van der Waals surface area (Å²) in [5.74, 6) is 2.92. The summed E-state index contributed by atoms with van der Waals surface area (Å²) in [5.41, 5.74) is 8.65. The molecule has 2 aromatic carbocycles. The second-order valence-electron chi connectivity index (χ2n) is 15.5. The number of nitrogens with one attached hydrogen (secondary N) is 3. The van der Waals surface area contributed by atoms with Gasteiger partial charge < -0.3 is 31.3 Å². The van der Waals surface area contributed by atoms with Gasteiger partial charge in [-0.25, -0.2) is 19.4 Å². The van der Waals surface area contributed by atoms with E-state index in [-0.39, 0.29) is 36.0 Å². The molecule has 6 heterocycles. The average molecular weight is 808 g/mol. The number of unbranched alkanes of at least 4 members (excludes halogenated alkanes) is 1. The quantitative estimate of drug-likeness (QED) is 0.0775. The first-order valence-corrected chi connectivity index (χ1v) is 21.6. The first-order valence-electron chi connectivity index (χ1n) is 20.6. The van der Waals surface area contributed by atoms with Crippen molar-refractivity contribution < 1.29 is 19.1 Å². The number of nitrogens with two attached hydrogens (primary N) is 1. The second-order valence-corrected chi connectivity index (χ2v) is 16.8. The lowest BCUT2D eigenvalue weighted by Crippen LogP contribution is -2.48. The highest BCUT2D eigenvalue weighted by molar-refractivity contribution is 8.00. The van der Waals surface area contributed by atoms with E-state index < -0.39 is 0 Å². The number of likely N-dealkylation sites (tertiary alicyclic amines) is 1. The number of piperazine rings is 1. The van der Waals surface area contributed by atoms with E-state index in [0.29, 0.717) is 59.6 Å². The van der Waals surface area contributed by atoms with E-state index in [1.165, 1.54) is 6.33 Å². The molecule has 4 aliphatic heterocycles. The molecule has 0 bridgehead atoms. The van der Waals surface area contributed by atoms with E-state index >= 15 is 0 Å². The molecule has 0 saturated carbocycles. The molecule has 4 aromatic rings. The van der Waals surface area contributed by atoms with E-state index in [9.17, 15) is 14.4 Å². The number of hydrogen-bond donors (Lipinski definition) is 4. The zero-order valence-corrected chi connectivity index (χ0v) is 33.6. The van der Waals surface area contributed by atoms with Crippen LogP contribution in [0, 0.1) is 0 Å². The first-order chi connectivity index (χ1) is 28.4. The average Bonchev–Trinajstić information content (AvgIpc) is 3.94. The summed E-state index contributed by atoms with van der Waals surface area (Å²) in [6.45, 7) is 7.11. The van der Waals surface area contributed by atoms with Crippen molar-refractivity contribution in [1.29, 1.82) is 0 Å². The number of hydrogen-bond acceptors (Lipinski definition) is 11. The fourth-order valence-corrected chi connectivity index (χ4v) is 9.98. The van der Waals surface area contributed by atoms with Crippen molar-refractivity contribution in [3.63, 3.8) is 0 Å². The highest BCUT2D eigenvalue weighted by atomic mass is 32.2. The Morgan fingerprint density at radius 1 is 0.966 bits per heavy atom. The monoisotopic (exact) mass is 807 g/mol. The molecular formula is C42H53N11O4S. The summed E-state index contributed by atoms with van der Waals surface area (Å²) >= 11 is 1.92. The zero-order valence-electron chi connectivity index (χ0n) is 32.8. The molecule has 4 fully saturated rings. The van der Waals surface area contributed by atoms with Gasteiger partial charge in [0.2, 0.25) is 11.8 Å². The topological polar surface area (TPSA) is 176 Å². The number of rotatable bonds is 15. The molecule has 0 aliphatic carbocycles. The van der Waals surface area contributed by atoms with Crippen LogP contribution in [0.15, 0.2) is 73.1 Å². The number of aromatic nitrogens is 4. The number of benzene rings is 2. The number of urea groups is 1. The molecule has 0 radical (unpaired) electrons. The Balaban J connectivity index is 0.759. The normalized spacial score (nSPS) is 22.6. The smallest absolute Gasteiger partial charge is 0.315 e. The van der Waals surface area contributed by atoms with Crippen LogP contribution < -0.4 is 26.4 Å². The lowest BCUT2D eigenvalue weighted by atomic mass is 10.0. The van der Waals surface area contributed by atoms with Crippen molar-refractivity contribution in [3.8, 4) is 22.8 Å². The summed E-state index contributed by atoms with van der Waals surface area (Å²) in [7, 11) is 0. The molecule has 0 spiro atoms. The number of nitrogens with zero attached hydrogens (tertiary/aromatic N) is 7. The zero-order chi connectivity index (χ0) is 39.8. The summed E-state index contributed by atoms with van der Waals surface area (Å²) in [4.78, 5) is 53.0. The van der Waals surface area contributed by atoms with E-state index in [4.69, 9.17) is 15.6 Å². The summed E-state index contributed by atoms with van der Waals surface area (Å²) in [6.07, 6.45) is 10.3. The van der Waals surface area contributed by atoms with E-state index in [0.717, 1.165) is 88.4 Å². The van der Waals surface area contributed by atoms with Gasteiger partial charge in [0.05, 0.1) is 23.5 Å². The Morgan fingerprint density at radius 2 is 1.76 bits per heavy atom. The Morgan fingerprint density at radius 3 is 2.59 bits per heavy atom. The van der Waals surface area contributed by atoms with E-state index in [1.807, 2.05) is 82.0 Å². The van der Waals surface area contributed by atoms with Gasteiger partial charge in [0.15, 0.2) is 5.65 Å². The third-order valence-corrected chi connectivity index (χ3v) is 13.1. The predicted molar refractivity (Wildman–Crippen MR) is 226 cm³/mol. The van der Waals surface area contributed by atoms with E-state index in [2.05, 4.69) is 35.7 Å².